The van der Waals surface area contributed by atoms with Crippen molar-refractivity contribution in [3.05, 3.63) is 30.1 Å². The van der Waals surface area contributed by atoms with E-state index in [4.69, 9.17) is 11.6 Å². The van der Waals surface area contributed by atoms with Crippen molar-refractivity contribution in [1.29, 1.82) is 0 Å². The van der Waals surface area contributed by atoms with Crippen molar-refractivity contribution < 1.29 is 0 Å². The van der Waals surface area contributed by atoms with E-state index in [1.165, 1.54) is 5.56 Å². The van der Waals surface area contributed by atoms with Crippen molar-refractivity contribution in [2.75, 3.05) is 0 Å². The van der Waals surface area contributed by atoms with Crippen molar-refractivity contribution in [2.45, 2.75) is 39.0 Å². The van der Waals surface area contributed by atoms with Gasteiger partial charge in [0.2, 0.25) is 0 Å². The smallest absolute Gasteiger partial charge is 0.0427 e. The second kappa shape index (κ2) is 4.79. The van der Waals surface area contributed by atoms with Gasteiger partial charge < -0.3 is 0 Å². The Kier molecular flexibility index (Phi) is 3.94. The molecule has 0 spiro atoms. The summed E-state index contributed by atoms with van der Waals surface area (Å²) in [6, 6.07) is 4.06. The van der Waals surface area contributed by atoms with Crippen LogP contribution in [0.5, 0.6) is 0 Å². The summed E-state index contributed by atoms with van der Waals surface area (Å²) in [5.41, 5.74) is 1.46. The van der Waals surface area contributed by atoms with Crippen LogP contribution in [0, 0.1) is 5.41 Å². The molecule has 0 aliphatic heterocycles. The van der Waals surface area contributed by atoms with E-state index >= 15 is 0 Å². The zero-order valence-corrected chi connectivity index (χ0v) is 9.88. The minimum absolute atomic E-state index is 0.190. The van der Waals surface area contributed by atoms with Gasteiger partial charge in [-0.05, 0) is 36.0 Å². The molecule has 0 N–H and O–H groups in total. The van der Waals surface area contributed by atoms with E-state index in [0.29, 0.717) is 0 Å². The lowest BCUT2D eigenvalue weighted by atomic mass is 9.83. The minimum atomic E-state index is 0.190. The summed E-state index contributed by atoms with van der Waals surface area (Å²) in [6.45, 7) is 6.61. The lowest BCUT2D eigenvalue weighted by Crippen LogP contribution is -2.25. The topological polar surface area (TPSA) is 12.9 Å². The van der Waals surface area contributed by atoms with E-state index in [0.717, 1.165) is 12.8 Å². The molecule has 1 heterocycles. The first-order chi connectivity index (χ1) is 6.56. The first kappa shape index (κ1) is 11.5. The fourth-order valence-electron chi connectivity index (χ4n) is 1.22. The largest absolute Gasteiger partial charge is 0.265 e. The molecule has 0 aliphatic rings. The molecule has 78 valence electrons. The summed E-state index contributed by atoms with van der Waals surface area (Å²) in [7, 11) is 0. The van der Waals surface area contributed by atoms with Crippen LogP contribution in [0.4, 0.5) is 0 Å². The molecule has 0 aromatic carbocycles. The Morgan fingerprint density at radius 2 is 1.93 bits per heavy atom. The monoisotopic (exact) mass is 211 g/mol. The Hall–Kier alpha value is -0.560. The molecule has 0 fully saturated rings. The van der Waals surface area contributed by atoms with Gasteiger partial charge in [0.1, 0.15) is 0 Å². The zero-order valence-electron chi connectivity index (χ0n) is 9.13. The van der Waals surface area contributed by atoms with E-state index in [9.17, 15) is 0 Å². The van der Waals surface area contributed by atoms with Gasteiger partial charge in [-0.1, -0.05) is 20.8 Å². The van der Waals surface area contributed by atoms with E-state index < -0.39 is 0 Å². The Balaban J connectivity index is 2.62. The van der Waals surface area contributed by atoms with Crippen LogP contribution in [0.2, 0.25) is 0 Å². The average molecular weight is 212 g/mol. The van der Waals surface area contributed by atoms with Crippen molar-refractivity contribution in [3.63, 3.8) is 0 Å². The number of alkyl halides is 1. The number of rotatable bonds is 4. The van der Waals surface area contributed by atoms with Crippen molar-refractivity contribution in [2.24, 2.45) is 5.41 Å². The molecule has 1 rings (SSSR count). The summed E-state index contributed by atoms with van der Waals surface area (Å²) < 4.78 is 0. The molecule has 0 bridgehead atoms. The Morgan fingerprint density at radius 3 is 2.43 bits per heavy atom. The van der Waals surface area contributed by atoms with E-state index in [2.05, 4.69) is 25.8 Å². The maximum atomic E-state index is 6.39. The zero-order chi connectivity index (χ0) is 10.6. The SMILES string of the molecule is CCC(C)(C)C(Cl)Cc1ccncc1. The quantitative estimate of drug-likeness (QED) is 0.693. The molecule has 14 heavy (non-hydrogen) atoms. The maximum absolute atomic E-state index is 6.39. The van der Waals surface area contributed by atoms with Crippen LogP contribution in [0.1, 0.15) is 32.8 Å². The van der Waals surface area contributed by atoms with Gasteiger partial charge in [0, 0.05) is 17.8 Å². The molecule has 1 aromatic rings. The third-order valence-electron chi connectivity index (χ3n) is 2.92. The predicted octanol–water partition coefficient (Wildman–Crippen LogP) is 3.67. The van der Waals surface area contributed by atoms with Gasteiger partial charge >= 0.3 is 0 Å². The molecule has 0 radical (unpaired) electrons. The first-order valence-corrected chi connectivity index (χ1v) is 5.53. The van der Waals surface area contributed by atoms with Gasteiger partial charge in [0.15, 0.2) is 0 Å². The van der Waals surface area contributed by atoms with E-state index in [1.54, 1.807) is 0 Å². The molecule has 0 saturated carbocycles. The first-order valence-electron chi connectivity index (χ1n) is 5.09. The lowest BCUT2D eigenvalue weighted by molar-refractivity contribution is 0.330. The van der Waals surface area contributed by atoms with Crippen LogP contribution >= 0.6 is 11.6 Å². The number of hydrogen-bond acceptors (Lipinski definition) is 1. The Labute approximate surface area is 91.5 Å². The van der Waals surface area contributed by atoms with Crippen LogP contribution in [-0.2, 0) is 6.42 Å². The highest BCUT2D eigenvalue weighted by Crippen LogP contribution is 2.31. The van der Waals surface area contributed by atoms with Crippen molar-refractivity contribution in [3.8, 4) is 0 Å². The summed E-state index contributed by atoms with van der Waals surface area (Å²) in [6.07, 6.45) is 5.66. The van der Waals surface area contributed by atoms with Gasteiger partial charge in [-0.25, -0.2) is 0 Å². The fourth-order valence-corrected chi connectivity index (χ4v) is 1.56. The Bertz CT molecular complexity index is 269. The van der Waals surface area contributed by atoms with Gasteiger partial charge in [-0.3, -0.25) is 4.98 Å². The van der Waals surface area contributed by atoms with Crippen LogP contribution < -0.4 is 0 Å². The molecular weight excluding hydrogens is 194 g/mol. The average Bonchev–Trinajstić information content (AvgIpc) is 2.19. The van der Waals surface area contributed by atoms with Crippen LogP contribution in [0.3, 0.4) is 0 Å². The van der Waals surface area contributed by atoms with Crippen LogP contribution in [-0.4, -0.2) is 10.4 Å². The molecule has 1 unspecified atom stereocenters. The van der Waals surface area contributed by atoms with Gasteiger partial charge in [-0.15, -0.1) is 11.6 Å². The highest BCUT2D eigenvalue weighted by molar-refractivity contribution is 6.21. The molecule has 1 aromatic heterocycles. The Morgan fingerprint density at radius 1 is 1.36 bits per heavy atom. The summed E-state index contributed by atoms with van der Waals surface area (Å²) in [5, 5.41) is 0.190. The number of pyridine rings is 1. The lowest BCUT2D eigenvalue weighted by Gasteiger charge is -2.28. The van der Waals surface area contributed by atoms with Crippen molar-refractivity contribution in [1.82, 2.24) is 4.98 Å². The number of aromatic nitrogens is 1. The molecule has 1 nitrogen and oxygen atoms in total. The van der Waals surface area contributed by atoms with Crippen LogP contribution in [0.15, 0.2) is 24.5 Å². The third kappa shape index (κ3) is 2.98. The summed E-state index contributed by atoms with van der Waals surface area (Å²) in [5.74, 6) is 0. The summed E-state index contributed by atoms with van der Waals surface area (Å²) in [4.78, 5) is 3.99. The molecule has 0 saturated heterocycles. The molecule has 0 amide bonds. The van der Waals surface area contributed by atoms with Crippen molar-refractivity contribution >= 4 is 11.6 Å². The van der Waals surface area contributed by atoms with Gasteiger partial charge in [0.25, 0.3) is 0 Å². The molecule has 1 atom stereocenters. The fraction of sp³-hybridized carbons (Fsp3) is 0.583. The highest BCUT2D eigenvalue weighted by Gasteiger charge is 2.25. The van der Waals surface area contributed by atoms with E-state index in [-0.39, 0.29) is 10.8 Å². The normalized spacial score (nSPS) is 14.0. The van der Waals surface area contributed by atoms with Gasteiger partial charge in [0.05, 0.1) is 0 Å². The minimum Gasteiger partial charge on any atom is -0.265 e. The second-order valence-corrected chi connectivity index (χ2v) is 4.90. The number of nitrogens with zero attached hydrogens (tertiary/aromatic N) is 1. The van der Waals surface area contributed by atoms with Crippen LogP contribution in [0.25, 0.3) is 0 Å². The maximum Gasteiger partial charge on any atom is 0.0427 e. The number of hydrogen-bond donors (Lipinski definition) is 0. The standard InChI is InChI=1S/C12H18ClN/c1-4-12(2,3)11(13)9-10-5-7-14-8-6-10/h5-8,11H,4,9H2,1-3H3. The molecular formula is C12H18ClN. The van der Waals surface area contributed by atoms with Gasteiger partial charge in [-0.2, -0.15) is 0 Å². The second-order valence-electron chi connectivity index (χ2n) is 4.37. The number of halogens is 1. The summed E-state index contributed by atoms with van der Waals surface area (Å²) >= 11 is 6.39. The molecule has 0 aliphatic carbocycles. The molecule has 2 heteroatoms. The highest BCUT2D eigenvalue weighted by atomic mass is 35.5. The predicted molar refractivity (Wildman–Crippen MR) is 61.7 cm³/mol. The third-order valence-corrected chi connectivity index (χ3v) is 3.67. The van der Waals surface area contributed by atoms with E-state index in [1.807, 2.05) is 24.5 Å².